The lowest BCUT2D eigenvalue weighted by molar-refractivity contribution is -0.294. The minimum atomic E-state index is -5.85. The van der Waals surface area contributed by atoms with Crippen LogP contribution >= 0.6 is 0 Å². The Kier molecular flexibility index (Phi) is 11.5. The van der Waals surface area contributed by atoms with Crippen LogP contribution in [0.15, 0.2) is 0 Å². The van der Waals surface area contributed by atoms with Crippen LogP contribution in [0.3, 0.4) is 0 Å². The molecule has 0 saturated heterocycles. The van der Waals surface area contributed by atoms with E-state index >= 15 is 0 Å². The SMILES string of the molecule is CCC(C)(C)CC(C)(C(=O)OCCOC(=O)CCC(=O)OCC(F)(F)C(F)(F)F)C(C)(C)CC. The highest BCUT2D eigenvalue weighted by Crippen LogP contribution is 2.50. The standard InChI is InChI=1S/C23H37F5O6/c1-8-19(3,4)14-21(7,20(5,6)9-2)18(31)33-13-12-32-16(29)10-11-17(30)34-15-22(24,25)23(26,27)28/h8-15H2,1-7H3. The third-order valence-electron chi connectivity index (χ3n) is 6.56. The van der Waals surface area contributed by atoms with Gasteiger partial charge in [0.05, 0.1) is 18.3 Å². The summed E-state index contributed by atoms with van der Waals surface area (Å²) in [4.78, 5) is 36.0. The van der Waals surface area contributed by atoms with Crippen molar-refractivity contribution < 1.29 is 50.5 Å². The van der Waals surface area contributed by atoms with Gasteiger partial charge in [0.2, 0.25) is 0 Å². The van der Waals surface area contributed by atoms with E-state index in [2.05, 4.69) is 18.6 Å². The molecular weight excluding hydrogens is 467 g/mol. The van der Waals surface area contributed by atoms with Crippen molar-refractivity contribution in [2.24, 2.45) is 16.2 Å². The summed E-state index contributed by atoms with van der Waals surface area (Å²) >= 11 is 0. The van der Waals surface area contributed by atoms with E-state index in [1.165, 1.54) is 0 Å². The van der Waals surface area contributed by atoms with Crippen molar-refractivity contribution in [2.45, 2.75) is 92.7 Å². The molecule has 0 fully saturated rings. The fraction of sp³-hybridized carbons (Fsp3) is 0.870. The number of ether oxygens (including phenoxy) is 3. The monoisotopic (exact) mass is 504 g/mol. The van der Waals surface area contributed by atoms with Crippen molar-refractivity contribution in [1.82, 2.24) is 0 Å². The lowest BCUT2D eigenvalue weighted by atomic mass is 9.58. The molecule has 200 valence electrons. The summed E-state index contributed by atoms with van der Waals surface area (Å²) in [5, 5.41) is 0. The van der Waals surface area contributed by atoms with E-state index in [0.717, 1.165) is 12.8 Å². The predicted molar refractivity (Wildman–Crippen MR) is 114 cm³/mol. The summed E-state index contributed by atoms with van der Waals surface area (Å²) in [6.45, 7) is 11.3. The van der Waals surface area contributed by atoms with Gasteiger partial charge in [-0.15, -0.1) is 0 Å². The second-order valence-electron chi connectivity index (χ2n) is 9.98. The highest BCUT2D eigenvalue weighted by Gasteiger charge is 2.58. The van der Waals surface area contributed by atoms with Gasteiger partial charge in [0, 0.05) is 0 Å². The minimum Gasteiger partial charge on any atom is -0.462 e. The maximum atomic E-state index is 13.0. The van der Waals surface area contributed by atoms with E-state index < -0.39 is 54.9 Å². The van der Waals surface area contributed by atoms with Crippen molar-refractivity contribution >= 4 is 17.9 Å². The average molecular weight is 505 g/mol. The van der Waals surface area contributed by atoms with E-state index in [4.69, 9.17) is 9.47 Å². The molecule has 0 N–H and O–H groups in total. The normalized spacial score (nSPS) is 14.8. The summed E-state index contributed by atoms with van der Waals surface area (Å²) in [6.07, 6.45) is -4.98. The Morgan fingerprint density at radius 1 is 0.706 bits per heavy atom. The van der Waals surface area contributed by atoms with Crippen molar-refractivity contribution in [1.29, 1.82) is 0 Å². The highest BCUT2D eigenvalue weighted by atomic mass is 19.4. The summed E-state index contributed by atoms with van der Waals surface area (Å²) in [7, 11) is 0. The smallest absolute Gasteiger partial charge is 0.456 e. The number of carbonyl (C=O) groups excluding carboxylic acids is 3. The molecule has 0 aliphatic rings. The zero-order valence-corrected chi connectivity index (χ0v) is 21.0. The molecule has 0 rings (SSSR count). The van der Waals surface area contributed by atoms with E-state index in [1.807, 2.05) is 34.6 Å². The second kappa shape index (κ2) is 12.2. The van der Waals surface area contributed by atoms with E-state index in [0.29, 0.717) is 6.42 Å². The first-order chi connectivity index (χ1) is 15.2. The Labute approximate surface area is 197 Å². The molecule has 0 aromatic heterocycles. The van der Waals surface area contributed by atoms with Crippen LogP contribution in [0.2, 0.25) is 0 Å². The van der Waals surface area contributed by atoms with Crippen molar-refractivity contribution in [3.8, 4) is 0 Å². The molecule has 11 heteroatoms. The Morgan fingerprint density at radius 3 is 1.62 bits per heavy atom. The maximum Gasteiger partial charge on any atom is 0.456 e. The molecule has 1 atom stereocenters. The van der Waals surface area contributed by atoms with Gasteiger partial charge in [-0.3, -0.25) is 14.4 Å². The van der Waals surface area contributed by atoms with Gasteiger partial charge in [-0.25, -0.2) is 0 Å². The molecule has 0 amide bonds. The molecule has 0 aromatic carbocycles. The molecule has 0 radical (unpaired) electrons. The minimum absolute atomic E-state index is 0.106. The zero-order valence-electron chi connectivity index (χ0n) is 21.0. The van der Waals surface area contributed by atoms with Gasteiger partial charge >= 0.3 is 30.0 Å². The first kappa shape index (κ1) is 32.1. The molecule has 1 unspecified atom stereocenters. The highest BCUT2D eigenvalue weighted by molar-refractivity contribution is 5.78. The molecule has 0 heterocycles. The number of esters is 3. The first-order valence-electron chi connectivity index (χ1n) is 11.2. The van der Waals surface area contributed by atoms with E-state index in [9.17, 15) is 36.3 Å². The van der Waals surface area contributed by atoms with Crippen LogP contribution in [0.1, 0.15) is 80.6 Å². The van der Waals surface area contributed by atoms with Crippen LogP contribution < -0.4 is 0 Å². The molecule has 0 aromatic rings. The predicted octanol–water partition coefficient (Wildman–Crippen LogP) is 5.86. The number of hydrogen-bond acceptors (Lipinski definition) is 6. The Morgan fingerprint density at radius 2 is 1.18 bits per heavy atom. The van der Waals surface area contributed by atoms with Gasteiger partial charge in [0.1, 0.15) is 13.2 Å². The number of rotatable bonds is 14. The average Bonchev–Trinajstić information content (AvgIpc) is 2.72. The number of alkyl halides is 5. The quantitative estimate of drug-likeness (QED) is 0.128. The number of halogens is 5. The van der Waals surface area contributed by atoms with Crippen LogP contribution in [0.25, 0.3) is 0 Å². The lowest BCUT2D eigenvalue weighted by Gasteiger charge is -2.45. The van der Waals surface area contributed by atoms with Gasteiger partial charge in [0.25, 0.3) is 0 Å². The lowest BCUT2D eigenvalue weighted by Crippen LogP contribution is -2.46. The zero-order chi connectivity index (χ0) is 27.0. The molecule has 0 bridgehead atoms. The summed E-state index contributed by atoms with van der Waals surface area (Å²) in [5.74, 6) is -7.92. The fourth-order valence-corrected chi connectivity index (χ4v) is 3.11. The Hall–Kier alpha value is -1.94. The van der Waals surface area contributed by atoms with Gasteiger partial charge < -0.3 is 14.2 Å². The number of hydrogen-bond donors (Lipinski definition) is 0. The molecular formula is C23H37F5O6. The Bertz CT molecular complexity index is 702. The maximum absolute atomic E-state index is 13.0. The topological polar surface area (TPSA) is 78.9 Å². The molecule has 34 heavy (non-hydrogen) atoms. The van der Waals surface area contributed by atoms with Crippen molar-refractivity contribution in [3.63, 3.8) is 0 Å². The van der Waals surface area contributed by atoms with Crippen LogP contribution in [0.4, 0.5) is 22.0 Å². The molecule has 0 saturated carbocycles. The van der Waals surface area contributed by atoms with Crippen LogP contribution in [0, 0.1) is 16.2 Å². The van der Waals surface area contributed by atoms with E-state index in [1.54, 1.807) is 0 Å². The Balaban J connectivity index is 4.62. The molecule has 6 nitrogen and oxygen atoms in total. The van der Waals surface area contributed by atoms with Crippen LogP contribution in [-0.4, -0.2) is 49.8 Å². The summed E-state index contributed by atoms with van der Waals surface area (Å²) < 4.78 is 75.6. The third kappa shape index (κ3) is 9.37. The fourth-order valence-electron chi connectivity index (χ4n) is 3.11. The molecule has 0 aliphatic carbocycles. The van der Waals surface area contributed by atoms with Gasteiger partial charge in [-0.1, -0.05) is 48.0 Å². The van der Waals surface area contributed by atoms with Gasteiger partial charge in [-0.05, 0) is 30.6 Å². The van der Waals surface area contributed by atoms with Crippen LogP contribution in [0.5, 0.6) is 0 Å². The second-order valence-corrected chi connectivity index (χ2v) is 9.98. The largest absolute Gasteiger partial charge is 0.462 e. The first-order valence-corrected chi connectivity index (χ1v) is 11.2. The van der Waals surface area contributed by atoms with Gasteiger partial charge in [-0.2, -0.15) is 22.0 Å². The summed E-state index contributed by atoms with van der Waals surface area (Å²) in [5.41, 5.74) is -1.27. The van der Waals surface area contributed by atoms with E-state index in [-0.39, 0.29) is 24.0 Å². The number of carbonyl (C=O) groups is 3. The third-order valence-corrected chi connectivity index (χ3v) is 6.56. The summed E-state index contributed by atoms with van der Waals surface area (Å²) in [6, 6.07) is 0. The molecule has 0 aliphatic heterocycles. The van der Waals surface area contributed by atoms with Crippen molar-refractivity contribution in [3.05, 3.63) is 0 Å². The van der Waals surface area contributed by atoms with Crippen molar-refractivity contribution in [2.75, 3.05) is 19.8 Å². The molecule has 0 spiro atoms. The van der Waals surface area contributed by atoms with Gasteiger partial charge in [0.15, 0.2) is 6.61 Å². The van der Waals surface area contributed by atoms with Crippen LogP contribution in [-0.2, 0) is 28.6 Å².